The van der Waals surface area contributed by atoms with Gasteiger partial charge < -0.3 is 16.0 Å². The van der Waals surface area contributed by atoms with Crippen LogP contribution in [0.5, 0.6) is 0 Å². The Morgan fingerprint density at radius 3 is 2.44 bits per heavy atom. The average Bonchev–Trinajstić information content (AvgIpc) is 3.23. The van der Waals surface area contributed by atoms with Crippen LogP contribution in [0.4, 0.5) is 0 Å². The van der Waals surface area contributed by atoms with Crippen molar-refractivity contribution in [3.63, 3.8) is 0 Å². The van der Waals surface area contributed by atoms with Gasteiger partial charge in [-0.3, -0.25) is 0 Å². The third kappa shape index (κ3) is 2.89. The van der Waals surface area contributed by atoms with Crippen LogP contribution in [-0.4, -0.2) is 43.7 Å². The van der Waals surface area contributed by atoms with Gasteiger partial charge in [0, 0.05) is 18.6 Å². The number of nitrogens with two attached hydrogens (primary N) is 1. The molecule has 0 aromatic rings. The summed E-state index contributed by atoms with van der Waals surface area (Å²) in [5, 5.41) is 3.89. The average molecular weight is 251 g/mol. The van der Waals surface area contributed by atoms with Gasteiger partial charge >= 0.3 is 0 Å². The molecule has 1 saturated heterocycles. The predicted molar refractivity (Wildman–Crippen MR) is 75.5 cm³/mol. The molecule has 3 fully saturated rings. The molecular formula is C15H29N3. The standard InChI is InChI=1S/C15H29N3/c1-18-8-2-7-15(10-16,11-18)17-9-14(12-3-4-12)13-5-6-13/h12-14,17H,2-11,16H2,1H3. The van der Waals surface area contributed by atoms with Crippen LogP contribution >= 0.6 is 0 Å². The number of hydrogen-bond donors (Lipinski definition) is 2. The maximum absolute atomic E-state index is 6.08. The van der Waals surface area contributed by atoms with Crippen molar-refractivity contribution in [1.29, 1.82) is 0 Å². The molecule has 3 rings (SSSR count). The Morgan fingerprint density at radius 1 is 1.28 bits per heavy atom. The molecule has 2 saturated carbocycles. The fourth-order valence-corrected chi connectivity index (χ4v) is 3.85. The highest BCUT2D eigenvalue weighted by Crippen LogP contribution is 2.49. The van der Waals surface area contributed by atoms with Crippen LogP contribution in [0.1, 0.15) is 38.5 Å². The van der Waals surface area contributed by atoms with E-state index in [-0.39, 0.29) is 5.54 Å². The number of piperidine rings is 1. The summed E-state index contributed by atoms with van der Waals surface area (Å²) in [7, 11) is 2.23. The highest BCUT2D eigenvalue weighted by atomic mass is 15.2. The van der Waals surface area contributed by atoms with Gasteiger partial charge in [0.1, 0.15) is 0 Å². The van der Waals surface area contributed by atoms with E-state index < -0.39 is 0 Å². The summed E-state index contributed by atoms with van der Waals surface area (Å²) in [6.07, 6.45) is 8.49. The Balaban J connectivity index is 1.55. The third-order valence-corrected chi connectivity index (χ3v) is 5.33. The first-order chi connectivity index (χ1) is 8.72. The van der Waals surface area contributed by atoms with Gasteiger partial charge in [0.15, 0.2) is 0 Å². The van der Waals surface area contributed by atoms with Crippen LogP contribution in [-0.2, 0) is 0 Å². The lowest BCUT2D eigenvalue weighted by atomic mass is 9.87. The minimum Gasteiger partial charge on any atom is -0.329 e. The van der Waals surface area contributed by atoms with E-state index in [0.717, 1.165) is 30.8 Å². The number of nitrogens with zero attached hydrogens (tertiary/aromatic N) is 1. The summed E-state index contributed by atoms with van der Waals surface area (Å²) in [5.41, 5.74) is 6.28. The van der Waals surface area contributed by atoms with E-state index >= 15 is 0 Å². The molecule has 1 atom stereocenters. The van der Waals surface area contributed by atoms with Crippen molar-refractivity contribution in [3.8, 4) is 0 Å². The van der Waals surface area contributed by atoms with E-state index in [1.165, 1.54) is 51.6 Å². The van der Waals surface area contributed by atoms with Crippen molar-refractivity contribution in [3.05, 3.63) is 0 Å². The summed E-state index contributed by atoms with van der Waals surface area (Å²) in [5.74, 6) is 3.04. The molecule has 104 valence electrons. The molecule has 1 heterocycles. The van der Waals surface area contributed by atoms with E-state index in [9.17, 15) is 0 Å². The maximum atomic E-state index is 6.08. The second-order valence-corrected chi connectivity index (χ2v) is 7.05. The molecule has 1 unspecified atom stereocenters. The summed E-state index contributed by atoms with van der Waals surface area (Å²) in [4.78, 5) is 2.44. The normalized spacial score (nSPS) is 34.2. The lowest BCUT2D eigenvalue weighted by molar-refractivity contribution is 0.140. The molecule has 0 aromatic heterocycles. The van der Waals surface area contributed by atoms with Gasteiger partial charge in [-0.1, -0.05) is 0 Å². The van der Waals surface area contributed by atoms with Gasteiger partial charge in [-0.05, 0) is 76.4 Å². The molecular weight excluding hydrogens is 222 g/mol. The zero-order valence-electron chi connectivity index (χ0n) is 11.8. The van der Waals surface area contributed by atoms with Gasteiger partial charge in [0.05, 0.1) is 0 Å². The monoisotopic (exact) mass is 251 g/mol. The zero-order chi connectivity index (χ0) is 12.6. The Morgan fingerprint density at radius 2 is 1.94 bits per heavy atom. The van der Waals surface area contributed by atoms with Gasteiger partial charge in [-0.2, -0.15) is 0 Å². The van der Waals surface area contributed by atoms with Gasteiger partial charge in [0.2, 0.25) is 0 Å². The van der Waals surface area contributed by atoms with Crippen molar-refractivity contribution in [1.82, 2.24) is 10.2 Å². The van der Waals surface area contributed by atoms with Crippen molar-refractivity contribution in [2.24, 2.45) is 23.5 Å². The summed E-state index contributed by atoms with van der Waals surface area (Å²) < 4.78 is 0. The molecule has 0 bridgehead atoms. The van der Waals surface area contributed by atoms with Crippen molar-refractivity contribution in [2.75, 3.05) is 33.2 Å². The lowest BCUT2D eigenvalue weighted by Gasteiger charge is -2.42. The number of hydrogen-bond acceptors (Lipinski definition) is 3. The number of nitrogens with one attached hydrogen (secondary N) is 1. The summed E-state index contributed by atoms with van der Waals surface area (Å²) in [6.45, 7) is 4.38. The third-order valence-electron chi connectivity index (χ3n) is 5.33. The largest absolute Gasteiger partial charge is 0.329 e. The highest BCUT2D eigenvalue weighted by Gasteiger charge is 2.42. The Labute approximate surface area is 111 Å². The molecule has 0 spiro atoms. The van der Waals surface area contributed by atoms with Crippen molar-refractivity contribution >= 4 is 0 Å². The number of rotatable bonds is 6. The SMILES string of the molecule is CN1CCCC(CN)(NCC(C2CC2)C2CC2)C1. The molecule has 3 aliphatic rings. The Hall–Kier alpha value is -0.120. The van der Waals surface area contributed by atoms with Gasteiger partial charge in [-0.15, -0.1) is 0 Å². The molecule has 3 heteroatoms. The first kappa shape index (κ1) is 12.9. The minimum absolute atomic E-state index is 0.203. The van der Waals surface area contributed by atoms with Crippen LogP contribution in [0.25, 0.3) is 0 Å². The van der Waals surface area contributed by atoms with Crippen LogP contribution in [0.3, 0.4) is 0 Å². The van der Waals surface area contributed by atoms with Crippen LogP contribution in [0.2, 0.25) is 0 Å². The van der Waals surface area contributed by atoms with Gasteiger partial charge in [-0.25, -0.2) is 0 Å². The maximum Gasteiger partial charge on any atom is 0.0433 e. The predicted octanol–water partition coefficient (Wildman–Crippen LogP) is 1.44. The Bertz CT molecular complexity index is 273. The molecule has 2 aliphatic carbocycles. The molecule has 0 radical (unpaired) electrons. The second kappa shape index (κ2) is 5.10. The lowest BCUT2D eigenvalue weighted by Crippen LogP contribution is -2.61. The molecule has 0 amide bonds. The second-order valence-electron chi connectivity index (χ2n) is 7.05. The molecule has 18 heavy (non-hydrogen) atoms. The van der Waals surface area contributed by atoms with Gasteiger partial charge in [0.25, 0.3) is 0 Å². The van der Waals surface area contributed by atoms with Crippen molar-refractivity contribution < 1.29 is 0 Å². The van der Waals surface area contributed by atoms with E-state index in [1.54, 1.807) is 0 Å². The van der Waals surface area contributed by atoms with Crippen LogP contribution in [0, 0.1) is 17.8 Å². The topological polar surface area (TPSA) is 41.3 Å². The molecule has 3 nitrogen and oxygen atoms in total. The Kier molecular flexibility index (Phi) is 3.65. The smallest absolute Gasteiger partial charge is 0.0433 e. The summed E-state index contributed by atoms with van der Waals surface area (Å²) >= 11 is 0. The minimum atomic E-state index is 0.203. The molecule has 0 aromatic carbocycles. The van der Waals surface area contributed by atoms with E-state index in [0.29, 0.717) is 0 Å². The highest BCUT2D eigenvalue weighted by molar-refractivity contribution is 4.98. The van der Waals surface area contributed by atoms with Crippen LogP contribution < -0.4 is 11.1 Å². The van der Waals surface area contributed by atoms with Crippen LogP contribution in [0.15, 0.2) is 0 Å². The van der Waals surface area contributed by atoms with Crippen molar-refractivity contribution in [2.45, 2.75) is 44.1 Å². The first-order valence-corrected chi connectivity index (χ1v) is 7.86. The quantitative estimate of drug-likeness (QED) is 0.750. The molecule has 3 N–H and O–H groups in total. The fraction of sp³-hybridized carbons (Fsp3) is 1.00. The number of likely N-dealkylation sites (N-methyl/N-ethyl adjacent to an activating group) is 1. The van der Waals surface area contributed by atoms with E-state index in [1.807, 2.05) is 0 Å². The number of likely N-dealkylation sites (tertiary alicyclic amines) is 1. The first-order valence-electron chi connectivity index (χ1n) is 7.86. The summed E-state index contributed by atoms with van der Waals surface area (Å²) in [6, 6.07) is 0. The zero-order valence-corrected chi connectivity index (χ0v) is 11.8. The fourth-order valence-electron chi connectivity index (χ4n) is 3.85. The van der Waals surface area contributed by atoms with E-state index in [2.05, 4.69) is 17.3 Å². The van der Waals surface area contributed by atoms with E-state index in [4.69, 9.17) is 5.73 Å². The molecule has 1 aliphatic heterocycles.